The Kier molecular flexibility index (Phi) is 7.06. The Labute approximate surface area is 205 Å². The molecule has 182 valence electrons. The number of carbonyl (C=O) groups is 1. The summed E-state index contributed by atoms with van der Waals surface area (Å²) in [6.45, 7) is 5.35. The summed E-state index contributed by atoms with van der Waals surface area (Å²) in [6.07, 6.45) is 7.51. The second-order valence-corrected chi connectivity index (χ2v) is 9.65. The standard InChI is InChI=1S/C25H32ClN5O3/c1-33-23-15-19(26)5-6-22(23)34-17-24(32)30-9-7-18-16-27-25(28-21(18)8-10-30)31-13-11-29(12-14-31)20-3-2-4-20/h5-6,15-16,20H,2-4,7-14,17H2,1H3. The summed E-state index contributed by atoms with van der Waals surface area (Å²) < 4.78 is 11.0. The lowest BCUT2D eigenvalue weighted by molar-refractivity contribution is -0.133. The second-order valence-electron chi connectivity index (χ2n) is 9.21. The number of anilines is 1. The van der Waals surface area contributed by atoms with Crippen LogP contribution in [0.5, 0.6) is 11.5 Å². The molecule has 1 saturated heterocycles. The fourth-order valence-electron chi connectivity index (χ4n) is 4.90. The van der Waals surface area contributed by atoms with Gasteiger partial charge in [-0.05, 0) is 37.0 Å². The van der Waals surface area contributed by atoms with Crippen molar-refractivity contribution in [3.8, 4) is 11.5 Å². The van der Waals surface area contributed by atoms with Crippen molar-refractivity contribution in [2.75, 3.05) is 57.9 Å². The molecule has 0 radical (unpaired) electrons. The van der Waals surface area contributed by atoms with Crippen molar-refractivity contribution in [1.29, 1.82) is 0 Å². The average Bonchev–Trinajstić information content (AvgIpc) is 3.04. The maximum absolute atomic E-state index is 12.9. The van der Waals surface area contributed by atoms with E-state index in [4.69, 9.17) is 26.1 Å². The molecule has 2 aliphatic heterocycles. The van der Waals surface area contributed by atoms with Gasteiger partial charge in [0.2, 0.25) is 5.95 Å². The lowest BCUT2D eigenvalue weighted by atomic mass is 9.91. The molecule has 0 atom stereocenters. The Morgan fingerprint density at radius 3 is 2.62 bits per heavy atom. The molecule has 0 bridgehead atoms. The van der Waals surface area contributed by atoms with Crippen LogP contribution < -0.4 is 14.4 Å². The Bertz CT molecular complexity index is 1020. The molecule has 2 fully saturated rings. The van der Waals surface area contributed by atoms with E-state index in [-0.39, 0.29) is 12.5 Å². The van der Waals surface area contributed by atoms with Gasteiger partial charge in [-0.15, -0.1) is 0 Å². The minimum Gasteiger partial charge on any atom is -0.493 e. The van der Waals surface area contributed by atoms with Gasteiger partial charge in [-0.25, -0.2) is 9.97 Å². The van der Waals surface area contributed by atoms with Crippen LogP contribution in [0.1, 0.15) is 30.5 Å². The van der Waals surface area contributed by atoms with Crippen LogP contribution in [0.25, 0.3) is 0 Å². The van der Waals surface area contributed by atoms with E-state index in [9.17, 15) is 4.79 Å². The third-order valence-corrected chi connectivity index (χ3v) is 7.46. The molecule has 2 aromatic rings. The summed E-state index contributed by atoms with van der Waals surface area (Å²) in [5.74, 6) is 1.79. The number of ether oxygens (including phenoxy) is 2. The molecule has 1 aromatic heterocycles. The first-order valence-electron chi connectivity index (χ1n) is 12.2. The summed E-state index contributed by atoms with van der Waals surface area (Å²) in [7, 11) is 1.55. The number of nitrogens with zero attached hydrogens (tertiary/aromatic N) is 5. The molecule has 34 heavy (non-hydrogen) atoms. The molecule has 3 aliphatic rings. The van der Waals surface area contributed by atoms with Gasteiger partial charge < -0.3 is 19.3 Å². The zero-order chi connectivity index (χ0) is 23.5. The van der Waals surface area contributed by atoms with Gasteiger partial charge >= 0.3 is 0 Å². The summed E-state index contributed by atoms with van der Waals surface area (Å²) in [5.41, 5.74) is 2.19. The number of hydrogen-bond acceptors (Lipinski definition) is 7. The quantitative estimate of drug-likeness (QED) is 0.623. The van der Waals surface area contributed by atoms with Gasteiger partial charge in [0.1, 0.15) is 0 Å². The number of amides is 1. The topological polar surface area (TPSA) is 71.0 Å². The number of methoxy groups -OCH3 is 1. The number of benzene rings is 1. The van der Waals surface area contributed by atoms with Crippen LogP contribution >= 0.6 is 11.6 Å². The van der Waals surface area contributed by atoms with E-state index in [1.54, 1.807) is 25.3 Å². The van der Waals surface area contributed by atoms with E-state index in [0.717, 1.165) is 62.3 Å². The van der Waals surface area contributed by atoms with Crippen LogP contribution in [-0.4, -0.2) is 84.7 Å². The normalized spacial score (nSPS) is 19.2. The first-order valence-corrected chi connectivity index (χ1v) is 12.6. The molecule has 8 nitrogen and oxygen atoms in total. The SMILES string of the molecule is COc1cc(Cl)ccc1OCC(=O)N1CCc2cnc(N3CCN(C4CCC4)CC3)nc2CC1. The monoisotopic (exact) mass is 485 g/mol. The van der Waals surface area contributed by atoms with Crippen molar-refractivity contribution in [2.45, 2.75) is 38.1 Å². The second kappa shape index (κ2) is 10.4. The number of halogens is 1. The molecule has 3 heterocycles. The highest BCUT2D eigenvalue weighted by molar-refractivity contribution is 6.30. The van der Waals surface area contributed by atoms with Gasteiger partial charge in [0.15, 0.2) is 18.1 Å². The zero-order valence-electron chi connectivity index (χ0n) is 19.7. The molecule has 1 aliphatic carbocycles. The molecule has 0 unspecified atom stereocenters. The van der Waals surface area contributed by atoms with Crippen molar-refractivity contribution in [3.63, 3.8) is 0 Å². The van der Waals surface area contributed by atoms with E-state index >= 15 is 0 Å². The van der Waals surface area contributed by atoms with E-state index < -0.39 is 0 Å². The smallest absolute Gasteiger partial charge is 0.260 e. The molecular formula is C25H32ClN5O3. The Hall–Kier alpha value is -2.58. The van der Waals surface area contributed by atoms with Crippen LogP contribution in [0.15, 0.2) is 24.4 Å². The van der Waals surface area contributed by atoms with Crippen molar-refractivity contribution < 1.29 is 14.3 Å². The van der Waals surface area contributed by atoms with Crippen LogP contribution in [0.3, 0.4) is 0 Å². The van der Waals surface area contributed by atoms with E-state index in [1.807, 2.05) is 11.1 Å². The number of carbonyl (C=O) groups excluding carboxylic acids is 1. The molecule has 0 N–H and O–H groups in total. The molecule has 1 saturated carbocycles. The average molecular weight is 486 g/mol. The largest absolute Gasteiger partial charge is 0.493 e. The molecular weight excluding hydrogens is 454 g/mol. The summed E-state index contributed by atoms with van der Waals surface area (Å²) >= 11 is 6.00. The van der Waals surface area contributed by atoms with Gasteiger partial charge in [0, 0.05) is 69.0 Å². The summed E-state index contributed by atoms with van der Waals surface area (Å²) in [6, 6.07) is 5.91. The summed E-state index contributed by atoms with van der Waals surface area (Å²) in [5, 5.41) is 0.557. The first-order chi connectivity index (χ1) is 16.6. The third kappa shape index (κ3) is 5.08. The highest BCUT2D eigenvalue weighted by Crippen LogP contribution is 2.30. The molecule has 0 spiro atoms. The minimum atomic E-state index is -0.0508. The fourth-order valence-corrected chi connectivity index (χ4v) is 5.06. The Balaban J connectivity index is 1.16. The van der Waals surface area contributed by atoms with Gasteiger partial charge in [-0.1, -0.05) is 18.0 Å². The minimum absolute atomic E-state index is 0.0451. The van der Waals surface area contributed by atoms with Crippen molar-refractivity contribution in [1.82, 2.24) is 19.8 Å². The van der Waals surface area contributed by atoms with Crippen LogP contribution in [0, 0.1) is 0 Å². The Morgan fingerprint density at radius 1 is 1.09 bits per heavy atom. The van der Waals surface area contributed by atoms with Gasteiger partial charge in [0.05, 0.1) is 12.8 Å². The van der Waals surface area contributed by atoms with Crippen LogP contribution in [0.4, 0.5) is 5.95 Å². The first kappa shape index (κ1) is 23.2. The predicted molar refractivity (Wildman–Crippen MR) is 131 cm³/mol. The maximum Gasteiger partial charge on any atom is 0.260 e. The number of piperazine rings is 1. The molecule has 5 rings (SSSR count). The fraction of sp³-hybridized carbons (Fsp3) is 0.560. The van der Waals surface area contributed by atoms with Crippen LogP contribution in [-0.2, 0) is 17.6 Å². The zero-order valence-corrected chi connectivity index (χ0v) is 20.5. The van der Waals surface area contributed by atoms with Crippen LogP contribution in [0.2, 0.25) is 5.02 Å². The number of fused-ring (bicyclic) bond motifs is 1. The maximum atomic E-state index is 12.9. The van der Waals surface area contributed by atoms with Crippen molar-refractivity contribution in [3.05, 3.63) is 40.7 Å². The van der Waals surface area contributed by atoms with Crippen molar-refractivity contribution in [2.24, 2.45) is 0 Å². The third-order valence-electron chi connectivity index (χ3n) is 7.23. The molecule has 1 amide bonds. The van der Waals surface area contributed by atoms with E-state index in [1.165, 1.54) is 19.3 Å². The number of rotatable bonds is 6. The lowest BCUT2D eigenvalue weighted by Crippen LogP contribution is -2.52. The van der Waals surface area contributed by atoms with Crippen molar-refractivity contribution >= 4 is 23.5 Å². The molecule has 1 aromatic carbocycles. The van der Waals surface area contributed by atoms with Gasteiger partial charge in [-0.2, -0.15) is 0 Å². The lowest BCUT2D eigenvalue weighted by Gasteiger charge is -2.43. The highest BCUT2D eigenvalue weighted by atomic mass is 35.5. The number of aromatic nitrogens is 2. The van der Waals surface area contributed by atoms with E-state index in [2.05, 4.69) is 14.8 Å². The predicted octanol–water partition coefficient (Wildman–Crippen LogP) is 2.82. The Morgan fingerprint density at radius 2 is 1.88 bits per heavy atom. The van der Waals surface area contributed by atoms with Gasteiger partial charge in [0.25, 0.3) is 5.91 Å². The molecule has 9 heteroatoms. The highest BCUT2D eigenvalue weighted by Gasteiger charge is 2.29. The number of hydrogen-bond donors (Lipinski definition) is 0. The summed E-state index contributed by atoms with van der Waals surface area (Å²) in [4.78, 5) is 29.2. The van der Waals surface area contributed by atoms with Gasteiger partial charge in [-0.3, -0.25) is 9.69 Å². The van der Waals surface area contributed by atoms with E-state index in [0.29, 0.717) is 29.6 Å².